The molecule has 0 aromatic heterocycles. The Morgan fingerprint density at radius 2 is 2.14 bits per heavy atom. The summed E-state index contributed by atoms with van der Waals surface area (Å²) in [5, 5.41) is 3.33. The Labute approximate surface area is 132 Å². The van der Waals surface area contributed by atoms with Crippen LogP contribution in [0.4, 0.5) is 0 Å². The van der Waals surface area contributed by atoms with Crippen molar-refractivity contribution in [3.05, 3.63) is 35.4 Å². The van der Waals surface area contributed by atoms with Crippen LogP contribution in [-0.2, 0) is 15.3 Å². The average molecular weight is 309 g/mol. The minimum absolute atomic E-state index is 0.157. The summed E-state index contributed by atoms with van der Waals surface area (Å²) in [6.07, 6.45) is 0.998. The standard InChI is InChI=1S/C17H27NO2S/c1-5-10-18-17(4,16(19)20-6-2)13-21-12-15-9-7-8-14(3)11-15/h7-9,11,18H,5-6,10,12-13H2,1-4H3. The van der Waals surface area contributed by atoms with Crippen LogP contribution in [0, 0.1) is 6.92 Å². The first-order valence-corrected chi connectivity index (χ1v) is 8.73. The highest BCUT2D eigenvalue weighted by molar-refractivity contribution is 7.98. The smallest absolute Gasteiger partial charge is 0.326 e. The molecular formula is C17H27NO2S. The van der Waals surface area contributed by atoms with E-state index in [0.717, 1.165) is 18.7 Å². The Bertz CT molecular complexity index is 450. The van der Waals surface area contributed by atoms with E-state index in [-0.39, 0.29) is 5.97 Å². The largest absolute Gasteiger partial charge is 0.465 e. The van der Waals surface area contributed by atoms with Crippen LogP contribution in [0.2, 0.25) is 0 Å². The molecule has 118 valence electrons. The second-order valence-corrected chi connectivity index (χ2v) is 6.45. The van der Waals surface area contributed by atoms with Crippen LogP contribution in [-0.4, -0.2) is 30.4 Å². The van der Waals surface area contributed by atoms with Crippen molar-refractivity contribution in [1.29, 1.82) is 0 Å². The quantitative estimate of drug-likeness (QED) is 0.708. The molecule has 0 aliphatic carbocycles. The lowest BCUT2D eigenvalue weighted by Gasteiger charge is -2.28. The Morgan fingerprint density at radius 1 is 1.38 bits per heavy atom. The zero-order chi connectivity index (χ0) is 15.7. The molecule has 0 amide bonds. The molecule has 21 heavy (non-hydrogen) atoms. The molecule has 0 saturated heterocycles. The van der Waals surface area contributed by atoms with E-state index in [1.54, 1.807) is 11.8 Å². The number of aryl methyl sites for hydroxylation is 1. The van der Waals surface area contributed by atoms with E-state index in [0.29, 0.717) is 12.4 Å². The Morgan fingerprint density at radius 3 is 2.76 bits per heavy atom. The van der Waals surface area contributed by atoms with Crippen LogP contribution in [0.3, 0.4) is 0 Å². The SMILES string of the molecule is CCCNC(C)(CSCc1cccc(C)c1)C(=O)OCC. The molecule has 3 nitrogen and oxygen atoms in total. The molecule has 0 aliphatic heterocycles. The molecule has 1 aromatic carbocycles. The molecule has 0 radical (unpaired) electrons. The van der Waals surface area contributed by atoms with Gasteiger partial charge >= 0.3 is 5.97 Å². The number of benzene rings is 1. The van der Waals surface area contributed by atoms with Crippen LogP contribution >= 0.6 is 11.8 Å². The van der Waals surface area contributed by atoms with Gasteiger partial charge in [0.25, 0.3) is 0 Å². The molecule has 1 N–H and O–H groups in total. The minimum Gasteiger partial charge on any atom is -0.465 e. The maximum atomic E-state index is 12.2. The summed E-state index contributed by atoms with van der Waals surface area (Å²) in [5.41, 5.74) is 1.95. The molecule has 0 fully saturated rings. The third-order valence-corrected chi connectivity index (χ3v) is 4.55. The van der Waals surface area contributed by atoms with E-state index >= 15 is 0 Å². The van der Waals surface area contributed by atoms with Gasteiger partial charge in [-0.25, -0.2) is 0 Å². The number of hydrogen-bond acceptors (Lipinski definition) is 4. The first kappa shape index (κ1) is 18.1. The molecule has 0 aliphatic rings. The molecule has 4 heteroatoms. The van der Waals surface area contributed by atoms with Gasteiger partial charge in [0.2, 0.25) is 0 Å². The van der Waals surface area contributed by atoms with Gasteiger partial charge in [0.05, 0.1) is 6.61 Å². The van der Waals surface area contributed by atoms with Gasteiger partial charge in [0.15, 0.2) is 0 Å². The van der Waals surface area contributed by atoms with Crippen molar-refractivity contribution < 1.29 is 9.53 Å². The lowest BCUT2D eigenvalue weighted by atomic mass is 10.1. The van der Waals surface area contributed by atoms with Crippen LogP contribution in [0.15, 0.2) is 24.3 Å². The van der Waals surface area contributed by atoms with Crippen LogP contribution in [0.5, 0.6) is 0 Å². The number of nitrogens with one attached hydrogen (secondary N) is 1. The van der Waals surface area contributed by atoms with E-state index in [9.17, 15) is 4.79 Å². The summed E-state index contributed by atoms with van der Waals surface area (Å²) >= 11 is 1.76. The molecular weight excluding hydrogens is 282 g/mol. The van der Waals surface area contributed by atoms with E-state index < -0.39 is 5.54 Å². The summed E-state index contributed by atoms with van der Waals surface area (Å²) in [7, 11) is 0. The molecule has 0 saturated carbocycles. The molecule has 1 atom stereocenters. The second kappa shape index (κ2) is 9.11. The number of ether oxygens (including phenoxy) is 1. The van der Waals surface area contributed by atoms with Crippen LogP contribution in [0.25, 0.3) is 0 Å². The Hall–Kier alpha value is -1.00. The summed E-state index contributed by atoms with van der Waals surface area (Å²) in [5.74, 6) is 1.46. The number of carbonyl (C=O) groups is 1. The molecule has 1 rings (SSSR count). The number of carbonyl (C=O) groups excluding carboxylic acids is 1. The zero-order valence-corrected chi connectivity index (χ0v) is 14.4. The number of rotatable bonds is 9. The lowest BCUT2D eigenvalue weighted by molar-refractivity contribution is -0.149. The molecule has 1 unspecified atom stereocenters. The van der Waals surface area contributed by atoms with Crippen molar-refractivity contribution in [3.63, 3.8) is 0 Å². The van der Waals surface area contributed by atoms with Crippen molar-refractivity contribution in [2.75, 3.05) is 18.9 Å². The summed E-state index contributed by atoms with van der Waals surface area (Å²) in [6.45, 7) is 9.21. The van der Waals surface area contributed by atoms with Gasteiger partial charge in [-0.3, -0.25) is 4.79 Å². The lowest BCUT2D eigenvalue weighted by Crippen LogP contribution is -2.52. The van der Waals surface area contributed by atoms with E-state index in [1.807, 2.05) is 13.8 Å². The second-order valence-electron chi connectivity index (χ2n) is 5.46. The molecule has 0 bridgehead atoms. The third-order valence-electron chi connectivity index (χ3n) is 3.23. The predicted molar refractivity (Wildman–Crippen MR) is 90.7 cm³/mol. The fraction of sp³-hybridized carbons (Fsp3) is 0.588. The van der Waals surface area contributed by atoms with Crippen molar-refractivity contribution >= 4 is 17.7 Å². The Kier molecular flexibility index (Phi) is 7.83. The topological polar surface area (TPSA) is 38.3 Å². The highest BCUT2D eigenvalue weighted by atomic mass is 32.2. The van der Waals surface area contributed by atoms with Crippen molar-refractivity contribution in [2.24, 2.45) is 0 Å². The first-order valence-electron chi connectivity index (χ1n) is 7.57. The normalized spacial score (nSPS) is 13.7. The maximum Gasteiger partial charge on any atom is 0.326 e. The monoisotopic (exact) mass is 309 g/mol. The zero-order valence-electron chi connectivity index (χ0n) is 13.6. The van der Waals surface area contributed by atoms with Crippen molar-refractivity contribution in [3.8, 4) is 0 Å². The number of esters is 1. The van der Waals surface area contributed by atoms with Crippen LogP contribution < -0.4 is 5.32 Å². The van der Waals surface area contributed by atoms with Gasteiger partial charge in [-0.1, -0.05) is 36.8 Å². The van der Waals surface area contributed by atoms with Crippen LogP contribution in [0.1, 0.15) is 38.3 Å². The van der Waals surface area contributed by atoms with Gasteiger partial charge in [-0.15, -0.1) is 0 Å². The fourth-order valence-electron chi connectivity index (χ4n) is 2.05. The predicted octanol–water partition coefficient (Wildman–Crippen LogP) is 3.55. The highest BCUT2D eigenvalue weighted by Gasteiger charge is 2.33. The summed E-state index contributed by atoms with van der Waals surface area (Å²) < 4.78 is 5.21. The summed E-state index contributed by atoms with van der Waals surface area (Å²) in [6, 6.07) is 8.49. The van der Waals surface area contributed by atoms with E-state index in [2.05, 4.69) is 43.4 Å². The number of hydrogen-bond donors (Lipinski definition) is 1. The first-order chi connectivity index (χ1) is 10.0. The van der Waals surface area contributed by atoms with Gasteiger partial charge in [-0.2, -0.15) is 11.8 Å². The highest BCUT2D eigenvalue weighted by Crippen LogP contribution is 2.20. The van der Waals surface area contributed by atoms with Crippen molar-refractivity contribution in [2.45, 2.75) is 45.4 Å². The van der Waals surface area contributed by atoms with Gasteiger partial charge < -0.3 is 10.1 Å². The average Bonchev–Trinajstić information content (AvgIpc) is 2.45. The van der Waals surface area contributed by atoms with Gasteiger partial charge in [0.1, 0.15) is 5.54 Å². The van der Waals surface area contributed by atoms with Gasteiger partial charge in [0, 0.05) is 11.5 Å². The minimum atomic E-state index is -0.611. The van der Waals surface area contributed by atoms with Gasteiger partial charge in [-0.05, 0) is 39.3 Å². The number of thioether (sulfide) groups is 1. The van der Waals surface area contributed by atoms with Crippen molar-refractivity contribution in [1.82, 2.24) is 5.32 Å². The Balaban J connectivity index is 2.58. The van der Waals surface area contributed by atoms with E-state index in [4.69, 9.17) is 4.74 Å². The molecule has 0 heterocycles. The molecule has 1 aromatic rings. The third kappa shape index (κ3) is 6.10. The summed E-state index contributed by atoms with van der Waals surface area (Å²) in [4.78, 5) is 12.2. The molecule has 0 spiro atoms. The fourth-order valence-corrected chi connectivity index (χ4v) is 3.19. The maximum absolute atomic E-state index is 12.2. The van der Waals surface area contributed by atoms with E-state index in [1.165, 1.54) is 11.1 Å².